The summed E-state index contributed by atoms with van der Waals surface area (Å²) in [4.78, 5) is 12.1. The fourth-order valence-electron chi connectivity index (χ4n) is 2.01. The largest absolute Gasteiger partial charge is 0.493 e. The normalized spacial score (nSPS) is 9.84. The Labute approximate surface area is 150 Å². The lowest BCUT2D eigenvalue weighted by atomic mass is 10.2. The van der Waals surface area contributed by atoms with Crippen molar-refractivity contribution in [3.8, 4) is 29.1 Å². The highest BCUT2D eigenvalue weighted by molar-refractivity contribution is 6.32. The molecule has 0 heterocycles. The molecule has 130 valence electrons. The van der Waals surface area contributed by atoms with E-state index in [4.69, 9.17) is 35.8 Å². The number of hydrogen-bond acceptors (Lipinski definition) is 6. The molecule has 0 aromatic heterocycles. The highest BCUT2D eigenvalue weighted by Gasteiger charge is 2.17. The first-order valence-electron chi connectivity index (χ1n) is 7.42. The van der Waals surface area contributed by atoms with Gasteiger partial charge in [0.15, 0.2) is 29.6 Å². The van der Waals surface area contributed by atoms with Crippen LogP contribution in [0, 0.1) is 11.3 Å². The van der Waals surface area contributed by atoms with Crippen LogP contribution in [0.3, 0.4) is 0 Å². The summed E-state index contributed by atoms with van der Waals surface area (Å²) in [6.45, 7) is 1.75. The zero-order valence-corrected chi connectivity index (χ0v) is 14.5. The fourth-order valence-corrected chi connectivity index (χ4v) is 2.26. The van der Waals surface area contributed by atoms with E-state index in [1.807, 2.05) is 6.07 Å². The fraction of sp³-hybridized carbons (Fsp3) is 0.222. The highest BCUT2D eigenvalue weighted by Crippen LogP contribution is 2.36. The summed E-state index contributed by atoms with van der Waals surface area (Å²) in [5, 5.41) is 9.09. The average Bonchev–Trinajstić information content (AvgIpc) is 2.62. The molecular weight excluding hydrogens is 346 g/mol. The molecule has 0 bridgehead atoms. The van der Waals surface area contributed by atoms with Gasteiger partial charge in [-0.25, -0.2) is 4.79 Å². The van der Waals surface area contributed by atoms with Gasteiger partial charge in [0.2, 0.25) is 0 Å². The monoisotopic (exact) mass is 361 g/mol. The number of rotatable bonds is 7. The van der Waals surface area contributed by atoms with Gasteiger partial charge >= 0.3 is 5.97 Å². The van der Waals surface area contributed by atoms with Crippen LogP contribution in [0.1, 0.15) is 12.5 Å². The van der Waals surface area contributed by atoms with Crippen LogP contribution in [0.25, 0.3) is 0 Å². The summed E-state index contributed by atoms with van der Waals surface area (Å²) in [6.07, 6.45) is 0. The number of nitrogens with zero attached hydrogens (tertiary/aromatic N) is 1. The average molecular weight is 362 g/mol. The summed E-state index contributed by atoms with van der Waals surface area (Å²) < 4.78 is 21.2. The van der Waals surface area contributed by atoms with Gasteiger partial charge in [-0.3, -0.25) is 0 Å². The maximum Gasteiger partial charge on any atom is 0.349 e. The van der Waals surface area contributed by atoms with Gasteiger partial charge in [-0.2, -0.15) is 5.26 Å². The van der Waals surface area contributed by atoms with Crippen LogP contribution in [0.5, 0.6) is 23.0 Å². The summed E-state index contributed by atoms with van der Waals surface area (Å²) in [5.41, 5.74) is 0.304. The number of benzene rings is 2. The van der Waals surface area contributed by atoms with E-state index in [1.54, 1.807) is 31.2 Å². The van der Waals surface area contributed by atoms with Crippen LogP contribution in [0.4, 0.5) is 0 Å². The minimum atomic E-state index is -0.668. The van der Waals surface area contributed by atoms with Gasteiger partial charge in [-0.1, -0.05) is 23.7 Å². The van der Waals surface area contributed by atoms with E-state index >= 15 is 0 Å². The first-order valence-corrected chi connectivity index (χ1v) is 7.79. The van der Waals surface area contributed by atoms with E-state index in [1.165, 1.54) is 19.2 Å². The summed E-state index contributed by atoms with van der Waals surface area (Å²) in [6, 6.07) is 11.7. The maximum atomic E-state index is 12.1. The van der Waals surface area contributed by atoms with Crippen LogP contribution in [0.2, 0.25) is 5.02 Å². The van der Waals surface area contributed by atoms with Crippen LogP contribution >= 0.6 is 11.6 Å². The van der Waals surface area contributed by atoms with Gasteiger partial charge in [0.05, 0.1) is 30.4 Å². The molecule has 0 aliphatic carbocycles. The first kappa shape index (κ1) is 18.4. The Morgan fingerprint density at radius 3 is 2.52 bits per heavy atom. The van der Waals surface area contributed by atoms with Gasteiger partial charge in [0.25, 0.3) is 0 Å². The lowest BCUT2D eigenvalue weighted by Crippen LogP contribution is -2.18. The van der Waals surface area contributed by atoms with Crippen molar-refractivity contribution in [2.24, 2.45) is 0 Å². The van der Waals surface area contributed by atoms with Crippen LogP contribution in [-0.4, -0.2) is 26.3 Å². The van der Waals surface area contributed by atoms with Crippen molar-refractivity contribution in [1.29, 1.82) is 5.26 Å². The molecule has 2 rings (SSSR count). The minimum Gasteiger partial charge on any atom is -0.493 e. The standard InChI is InChI=1S/C18H16ClNO5/c1-3-23-16-9-12(10-20)8-13(19)18(16)25-17(21)11-24-15-7-5-4-6-14(15)22-2/h4-9H,3,11H2,1-2H3. The second-order valence-corrected chi connectivity index (χ2v) is 5.15. The Kier molecular flexibility index (Phi) is 6.49. The molecular formula is C18H16ClNO5. The lowest BCUT2D eigenvalue weighted by molar-refractivity contribution is -0.136. The lowest BCUT2D eigenvalue weighted by Gasteiger charge is -2.13. The van der Waals surface area contributed by atoms with Crippen molar-refractivity contribution in [1.82, 2.24) is 0 Å². The van der Waals surface area contributed by atoms with E-state index in [9.17, 15) is 4.79 Å². The molecule has 0 fully saturated rings. The number of carbonyl (C=O) groups excluding carboxylic acids is 1. The SMILES string of the molecule is CCOc1cc(C#N)cc(Cl)c1OC(=O)COc1ccccc1OC. The molecule has 0 saturated carbocycles. The third-order valence-electron chi connectivity index (χ3n) is 3.07. The minimum absolute atomic E-state index is 0.0520. The van der Waals surface area contributed by atoms with E-state index in [0.717, 1.165) is 0 Å². The number of methoxy groups -OCH3 is 1. The Hall–Kier alpha value is -2.91. The number of nitriles is 1. The molecule has 2 aromatic rings. The van der Waals surface area contributed by atoms with Crippen molar-refractivity contribution >= 4 is 17.6 Å². The van der Waals surface area contributed by atoms with Crippen LogP contribution in [0.15, 0.2) is 36.4 Å². The predicted octanol–water partition coefficient (Wildman–Crippen LogP) is 3.60. The van der Waals surface area contributed by atoms with Crippen molar-refractivity contribution in [2.75, 3.05) is 20.3 Å². The number of carbonyl (C=O) groups is 1. The van der Waals surface area contributed by atoms with E-state index in [-0.39, 0.29) is 23.1 Å². The zero-order chi connectivity index (χ0) is 18.2. The van der Waals surface area contributed by atoms with Gasteiger partial charge < -0.3 is 18.9 Å². The maximum absolute atomic E-state index is 12.1. The Morgan fingerprint density at radius 2 is 1.88 bits per heavy atom. The van der Waals surface area contributed by atoms with E-state index in [0.29, 0.717) is 23.7 Å². The Bertz CT molecular complexity index is 801. The van der Waals surface area contributed by atoms with Crippen molar-refractivity contribution in [3.05, 3.63) is 47.0 Å². The molecule has 0 saturated heterocycles. The molecule has 6 nitrogen and oxygen atoms in total. The molecule has 7 heteroatoms. The van der Waals surface area contributed by atoms with E-state index in [2.05, 4.69) is 0 Å². The third-order valence-corrected chi connectivity index (χ3v) is 3.35. The topological polar surface area (TPSA) is 77.8 Å². The zero-order valence-electron chi connectivity index (χ0n) is 13.7. The van der Waals surface area contributed by atoms with Gasteiger partial charge in [0.1, 0.15) is 0 Å². The van der Waals surface area contributed by atoms with Gasteiger partial charge in [-0.05, 0) is 25.1 Å². The number of para-hydroxylation sites is 2. The summed E-state index contributed by atoms with van der Waals surface area (Å²) in [5.74, 6) is 0.520. The van der Waals surface area contributed by atoms with Gasteiger partial charge in [-0.15, -0.1) is 0 Å². The quantitative estimate of drug-likeness (QED) is 0.554. The van der Waals surface area contributed by atoms with Crippen LogP contribution < -0.4 is 18.9 Å². The molecule has 0 radical (unpaired) electrons. The second kappa shape index (κ2) is 8.81. The number of halogens is 1. The molecule has 0 spiro atoms. The molecule has 0 amide bonds. The highest BCUT2D eigenvalue weighted by atomic mass is 35.5. The number of esters is 1. The van der Waals surface area contributed by atoms with Crippen molar-refractivity contribution in [3.63, 3.8) is 0 Å². The second-order valence-electron chi connectivity index (χ2n) is 4.74. The number of hydrogen-bond donors (Lipinski definition) is 0. The third kappa shape index (κ3) is 4.78. The molecule has 0 unspecified atom stereocenters. The predicted molar refractivity (Wildman–Crippen MR) is 91.5 cm³/mol. The Balaban J connectivity index is 2.11. The molecule has 0 N–H and O–H groups in total. The molecule has 0 aliphatic heterocycles. The smallest absolute Gasteiger partial charge is 0.349 e. The molecule has 0 atom stereocenters. The van der Waals surface area contributed by atoms with Gasteiger partial charge in [0, 0.05) is 6.07 Å². The molecule has 25 heavy (non-hydrogen) atoms. The Morgan fingerprint density at radius 1 is 1.16 bits per heavy atom. The van der Waals surface area contributed by atoms with E-state index < -0.39 is 5.97 Å². The van der Waals surface area contributed by atoms with Crippen LogP contribution in [-0.2, 0) is 4.79 Å². The first-order chi connectivity index (χ1) is 12.1. The van der Waals surface area contributed by atoms with Crippen molar-refractivity contribution in [2.45, 2.75) is 6.92 Å². The summed E-state index contributed by atoms with van der Waals surface area (Å²) >= 11 is 6.09. The molecule has 0 aliphatic rings. The summed E-state index contributed by atoms with van der Waals surface area (Å²) in [7, 11) is 1.51. The number of ether oxygens (including phenoxy) is 4. The molecule has 2 aromatic carbocycles. The van der Waals surface area contributed by atoms with Crippen molar-refractivity contribution < 1.29 is 23.7 Å².